The summed E-state index contributed by atoms with van der Waals surface area (Å²) in [4.78, 5) is 0. The highest BCUT2D eigenvalue weighted by molar-refractivity contribution is 5.84. The predicted molar refractivity (Wildman–Crippen MR) is 61.6 cm³/mol. The molecule has 0 amide bonds. The lowest BCUT2D eigenvalue weighted by Crippen LogP contribution is -1.88. The Morgan fingerprint density at radius 1 is 1.29 bits per heavy atom. The van der Waals surface area contributed by atoms with Crippen LogP contribution in [0, 0.1) is 0 Å². The van der Waals surface area contributed by atoms with Gasteiger partial charge in [0.25, 0.3) is 0 Å². The second kappa shape index (κ2) is 3.49. The van der Waals surface area contributed by atoms with Crippen LogP contribution in [0.2, 0.25) is 0 Å². The molecule has 0 aliphatic carbocycles. The zero-order valence-corrected chi connectivity index (χ0v) is 9.12. The molecule has 2 aromatic rings. The molecule has 1 aromatic heterocycles. The zero-order valence-electron chi connectivity index (χ0n) is 9.12. The van der Waals surface area contributed by atoms with Gasteiger partial charge in [-0.1, -0.05) is 32.0 Å². The van der Waals surface area contributed by atoms with Crippen molar-refractivity contribution in [1.29, 1.82) is 0 Å². The minimum Gasteiger partial charge on any atom is -0.350 e. The van der Waals surface area contributed by atoms with Crippen molar-refractivity contribution in [1.82, 2.24) is 4.57 Å². The maximum Gasteiger partial charge on any atom is 0.0480 e. The van der Waals surface area contributed by atoms with Gasteiger partial charge in [0.1, 0.15) is 0 Å². The van der Waals surface area contributed by atoms with Crippen molar-refractivity contribution in [3.8, 4) is 0 Å². The van der Waals surface area contributed by atoms with Gasteiger partial charge >= 0.3 is 0 Å². The molecule has 1 atom stereocenters. The Morgan fingerprint density at radius 3 is 2.71 bits per heavy atom. The molecule has 14 heavy (non-hydrogen) atoms. The van der Waals surface area contributed by atoms with Crippen LogP contribution in [0.4, 0.5) is 0 Å². The summed E-state index contributed by atoms with van der Waals surface area (Å²) < 4.78 is 2.22. The van der Waals surface area contributed by atoms with Crippen LogP contribution in [-0.4, -0.2) is 4.57 Å². The molecule has 1 aromatic carbocycles. The first-order valence-corrected chi connectivity index (χ1v) is 5.28. The van der Waals surface area contributed by atoms with Gasteiger partial charge in [-0.3, -0.25) is 0 Å². The number of hydrogen-bond donors (Lipinski definition) is 0. The van der Waals surface area contributed by atoms with Crippen molar-refractivity contribution < 1.29 is 0 Å². The number of nitrogens with zero attached hydrogens (tertiary/aromatic N) is 1. The number of aryl methyl sites for hydroxylation is 1. The molecule has 0 bridgehead atoms. The first-order chi connectivity index (χ1) is 6.74. The molecule has 0 spiro atoms. The second-order valence-electron chi connectivity index (χ2n) is 4.02. The van der Waals surface area contributed by atoms with Gasteiger partial charge in [0.2, 0.25) is 0 Å². The summed E-state index contributed by atoms with van der Waals surface area (Å²) in [7, 11) is 2.12. The van der Waals surface area contributed by atoms with E-state index in [1.54, 1.807) is 0 Å². The summed E-state index contributed by atoms with van der Waals surface area (Å²) in [5, 5.41) is 1.41. The smallest absolute Gasteiger partial charge is 0.0480 e. The zero-order chi connectivity index (χ0) is 10.1. The Labute approximate surface area is 85.4 Å². The van der Waals surface area contributed by atoms with Crippen molar-refractivity contribution in [3.63, 3.8) is 0 Å². The Balaban J connectivity index is 2.66. The van der Waals surface area contributed by atoms with E-state index in [4.69, 9.17) is 0 Å². The first-order valence-electron chi connectivity index (χ1n) is 5.28. The average Bonchev–Trinajstić information content (AvgIpc) is 2.56. The molecule has 1 heteroatoms. The molecular weight excluding hydrogens is 170 g/mol. The van der Waals surface area contributed by atoms with E-state index in [2.05, 4.69) is 55.9 Å². The van der Waals surface area contributed by atoms with Crippen LogP contribution >= 0.6 is 0 Å². The normalized spacial score (nSPS) is 13.4. The Morgan fingerprint density at radius 2 is 2.00 bits per heavy atom. The fourth-order valence-electron chi connectivity index (χ4n) is 1.99. The van der Waals surface area contributed by atoms with E-state index in [1.807, 2.05) is 0 Å². The molecule has 74 valence electrons. The molecular formula is C13H17N. The Kier molecular flexibility index (Phi) is 2.32. The van der Waals surface area contributed by atoms with E-state index in [9.17, 15) is 0 Å². The van der Waals surface area contributed by atoms with Gasteiger partial charge in [-0.05, 0) is 24.0 Å². The molecule has 0 fully saturated rings. The molecule has 0 radical (unpaired) electrons. The van der Waals surface area contributed by atoms with Crippen molar-refractivity contribution in [2.24, 2.45) is 7.05 Å². The fraction of sp³-hybridized carbons (Fsp3) is 0.385. The molecule has 0 saturated carbocycles. The maximum absolute atomic E-state index is 2.29. The van der Waals surface area contributed by atoms with E-state index in [1.165, 1.54) is 22.9 Å². The highest BCUT2D eigenvalue weighted by Crippen LogP contribution is 2.28. The van der Waals surface area contributed by atoms with Gasteiger partial charge in [0, 0.05) is 24.1 Å². The van der Waals surface area contributed by atoms with Crippen LogP contribution in [0.3, 0.4) is 0 Å². The molecule has 2 rings (SSSR count). The highest BCUT2D eigenvalue weighted by atomic mass is 14.9. The quantitative estimate of drug-likeness (QED) is 0.675. The highest BCUT2D eigenvalue weighted by Gasteiger charge is 2.10. The lowest BCUT2D eigenvalue weighted by Gasteiger charge is -2.05. The number of rotatable bonds is 2. The van der Waals surface area contributed by atoms with Crippen molar-refractivity contribution in [2.75, 3.05) is 0 Å². The van der Waals surface area contributed by atoms with Crippen LogP contribution in [0.15, 0.2) is 30.5 Å². The SMILES string of the molecule is CC[C@@H](C)c1cn(C)c2ccccc12. The van der Waals surface area contributed by atoms with Crippen molar-refractivity contribution >= 4 is 10.9 Å². The summed E-state index contributed by atoms with van der Waals surface area (Å²) in [5.41, 5.74) is 2.81. The summed E-state index contributed by atoms with van der Waals surface area (Å²) >= 11 is 0. The number of aromatic nitrogens is 1. The van der Waals surface area contributed by atoms with Crippen LogP contribution < -0.4 is 0 Å². The summed E-state index contributed by atoms with van der Waals surface area (Å²) in [6.45, 7) is 4.54. The van der Waals surface area contributed by atoms with Gasteiger partial charge in [-0.2, -0.15) is 0 Å². The Hall–Kier alpha value is -1.24. The molecule has 0 aliphatic rings. The van der Waals surface area contributed by atoms with Gasteiger partial charge in [0.05, 0.1) is 0 Å². The molecule has 0 unspecified atom stereocenters. The number of hydrogen-bond acceptors (Lipinski definition) is 0. The molecule has 0 saturated heterocycles. The monoisotopic (exact) mass is 187 g/mol. The first kappa shape index (κ1) is 9.32. The predicted octanol–water partition coefficient (Wildman–Crippen LogP) is 3.69. The third-order valence-electron chi connectivity index (χ3n) is 3.07. The summed E-state index contributed by atoms with van der Waals surface area (Å²) in [5.74, 6) is 0.654. The average molecular weight is 187 g/mol. The van der Waals surface area contributed by atoms with E-state index in [-0.39, 0.29) is 0 Å². The van der Waals surface area contributed by atoms with E-state index < -0.39 is 0 Å². The standard InChI is InChI=1S/C13H17N/c1-4-10(2)12-9-14(3)13-8-6-5-7-11(12)13/h5-10H,4H2,1-3H3/t10-/m1/s1. The third-order valence-corrected chi connectivity index (χ3v) is 3.07. The number of benzene rings is 1. The lowest BCUT2D eigenvalue weighted by molar-refractivity contribution is 0.734. The van der Waals surface area contributed by atoms with Gasteiger partial charge in [-0.15, -0.1) is 0 Å². The third kappa shape index (κ3) is 1.33. The fourth-order valence-corrected chi connectivity index (χ4v) is 1.99. The molecule has 1 nitrogen and oxygen atoms in total. The molecule has 0 aliphatic heterocycles. The molecule has 1 heterocycles. The summed E-state index contributed by atoms with van der Waals surface area (Å²) in [6, 6.07) is 8.62. The van der Waals surface area contributed by atoms with Crippen LogP contribution in [0.5, 0.6) is 0 Å². The van der Waals surface area contributed by atoms with E-state index in [0.717, 1.165) is 0 Å². The van der Waals surface area contributed by atoms with Crippen LogP contribution in [-0.2, 0) is 7.05 Å². The van der Waals surface area contributed by atoms with Crippen molar-refractivity contribution in [3.05, 3.63) is 36.0 Å². The van der Waals surface area contributed by atoms with Gasteiger partial charge < -0.3 is 4.57 Å². The molecule has 0 N–H and O–H groups in total. The van der Waals surface area contributed by atoms with Crippen LogP contribution in [0.1, 0.15) is 31.7 Å². The number of para-hydroxylation sites is 1. The van der Waals surface area contributed by atoms with Gasteiger partial charge in [-0.25, -0.2) is 0 Å². The van der Waals surface area contributed by atoms with Gasteiger partial charge in [0.15, 0.2) is 0 Å². The topological polar surface area (TPSA) is 4.93 Å². The second-order valence-corrected chi connectivity index (χ2v) is 4.02. The largest absolute Gasteiger partial charge is 0.350 e. The minimum absolute atomic E-state index is 0.654. The minimum atomic E-state index is 0.654. The lowest BCUT2D eigenvalue weighted by atomic mass is 9.98. The van der Waals surface area contributed by atoms with E-state index >= 15 is 0 Å². The Bertz CT molecular complexity index is 439. The maximum atomic E-state index is 2.29. The van der Waals surface area contributed by atoms with E-state index in [0.29, 0.717) is 5.92 Å². The van der Waals surface area contributed by atoms with Crippen LogP contribution in [0.25, 0.3) is 10.9 Å². The van der Waals surface area contributed by atoms with Crippen molar-refractivity contribution in [2.45, 2.75) is 26.2 Å². The summed E-state index contributed by atoms with van der Waals surface area (Å²) in [6.07, 6.45) is 3.47. The number of fused-ring (bicyclic) bond motifs is 1.